The molecule has 1 spiro atoms. The number of nitrogens with zero attached hydrogens (tertiary/aromatic N) is 5. The Morgan fingerprint density at radius 3 is 2.69 bits per heavy atom. The maximum absolute atomic E-state index is 12.7. The summed E-state index contributed by atoms with van der Waals surface area (Å²) in [5.74, 6) is 0.788. The lowest BCUT2D eigenvalue weighted by Crippen LogP contribution is -2.43. The predicted molar refractivity (Wildman–Crippen MR) is 134 cm³/mol. The van der Waals surface area contributed by atoms with E-state index in [4.69, 9.17) is 14.8 Å². The molecule has 1 amide bonds. The van der Waals surface area contributed by atoms with Gasteiger partial charge in [-0.3, -0.25) is 9.78 Å². The summed E-state index contributed by atoms with van der Waals surface area (Å²) < 4.78 is 7.42. The van der Waals surface area contributed by atoms with E-state index in [1.54, 1.807) is 0 Å². The quantitative estimate of drug-likeness (QED) is 0.639. The number of carbonyl (C=O) groups is 1. The van der Waals surface area contributed by atoms with Crippen LogP contribution in [-0.4, -0.2) is 47.0 Å². The third-order valence-corrected chi connectivity index (χ3v) is 8.33. The van der Waals surface area contributed by atoms with Gasteiger partial charge in [0.15, 0.2) is 5.82 Å². The van der Waals surface area contributed by atoms with Gasteiger partial charge in [0.05, 0.1) is 35.5 Å². The zero-order valence-electron chi connectivity index (χ0n) is 20.9. The molecular weight excluding hydrogens is 440 g/mol. The number of carbonyl (C=O) groups excluding carboxylic acids is 1. The zero-order valence-corrected chi connectivity index (χ0v) is 20.9. The fourth-order valence-electron chi connectivity index (χ4n) is 6.07. The Balaban J connectivity index is 1.44. The van der Waals surface area contributed by atoms with Crippen molar-refractivity contribution in [3.63, 3.8) is 0 Å². The highest BCUT2D eigenvalue weighted by Crippen LogP contribution is 2.41. The van der Waals surface area contributed by atoms with E-state index in [0.29, 0.717) is 17.5 Å². The van der Waals surface area contributed by atoms with Gasteiger partial charge in [0.2, 0.25) is 0 Å². The number of fused-ring (bicyclic) bond motifs is 1. The molecule has 0 aliphatic carbocycles. The summed E-state index contributed by atoms with van der Waals surface area (Å²) in [5.41, 5.74) is 3.44. The van der Waals surface area contributed by atoms with Crippen molar-refractivity contribution in [2.75, 3.05) is 31.2 Å². The first-order valence-corrected chi connectivity index (χ1v) is 13.2. The topological polar surface area (TPSA) is 96.1 Å². The average Bonchev–Trinajstić information content (AvgIpc) is 3.52. The minimum Gasteiger partial charge on any atom is -0.381 e. The summed E-state index contributed by atoms with van der Waals surface area (Å²) in [5, 5.41) is 17.6. The summed E-state index contributed by atoms with van der Waals surface area (Å²) in [6, 6.07) is 6.53. The highest BCUT2D eigenvalue weighted by atomic mass is 16.5. The molecule has 5 rings (SSSR count). The SMILES string of the molecule is CCCC(c1cc(-n2ccc(N3CCC4(CCOCC4)CC3)n2)c2c(n1)CNC2=O)C(C#N)CC. The normalized spacial score (nSPS) is 20.8. The van der Waals surface area contributed by atoms with Gasteiger partial charge >= 0.3 is 0 Å². The number of piperidine rings is 1. The first-order chi connectivity index (χ1) is 17.1. The molecule has 3 aliphatic rings. The Labute approximate surface area is 207 Å². The van der Waals surface area contributed by atoms with Gasteiger partial charge in [-0.1, -0.05) is 20.3 Å². The van der Waals surface area contributed by atoms with Gasteiger partial charge < -0.3 is 15.0 Å². The van der Waals surface area contributed by atoms with E-state index in [1.807, 2.05) is 16.9 Å². The number of nitriles is 1. The first-order valence-electron chi connectivity index (χ1n) is 13.2. The van der Waals surface area contributed by atoms with Gasteiger partial charge in [0.25, 0.3) is 5.91 Å². The largest absolute Gasteiger partial charge is 0.381 e. The maximum Gasteiger partial charge on any atom is 0.255 e. The molecule has 3 aliphatic heterocycles. The van der Waals surface area contributed by atoms with Crippen LogP contribution in [0.4, 0.5) is 5.82 Å². The zero-order chi connectivity index (χ0) is 24.4. The highest BCUT2D eigenvalue weighted by Gasteiger charge is 2.37. The number of amides is 1. The fraction of sp³-hybridized carbons (Fsp3) is 0.630. The second-order valence-corrected chi connectivity index (χ2v) is 10.3. The van der Waals surface area contributed by atoms with Crippen molar-refractivity contribution >= 4 is 11.7 Å². The Kier molecular flexibility index (Phi) is 6.79. The molecule has 8 heteroatoms. The maximum atomic E-state index is 12.7. The van der Waals surface area contributed by atoms with Crippen LogP contribution in [0.1, 0.15) is 86.5 Å². The van der Waals surface area contributed by atoms with Gasteiger partial charge in [-0.05, 0) is 50.0 Å². The van der Waals surface area contributed by atoms with E-state index < -0.39 is 0 Å². The summed E-state index contributed by atoms with van der Waals surface area (Å²) in [6.07, 6.45) is 9.27. The molecule has 0 saturated carbocycles. The van der Waals surface area contributed by atoms with Gasteiger partial charge in [-0.25, -0.2) is 4.68 Å². The average molecular weight is 477 g/mol. The Bertz CT molecular complexity index is 1100. The summed E-state index contributed by atoms with van der Waals surface area (Å²) >= 11 is 0. The number of nitrogens with one attached hydrogen (secondary N) is 1. The van der Waals surface area contributed by atoms with Crippen LogP contribution >= 0.6 is 0 Å². The standard InChI is InChI=1S/C27H36N6O2/c1-3-5-20(19(4-2)17-28)21-16-23(25-22(30-21)18-29-26(25)34)33-11-6-24(31-33)32-12-7-27(8-13-32)9-14-35-15-10-27/h6,11,16,19-20H,3-5,7-10,12-15,18H2,1-2H3,(H,29,34). The van der Waals surface area contributed by atoms with Crippen LogP contribution in [0.25, 0.3) is 5.69 Å². The monoisotopic (exact) mass is 476 g/mol. The van der Waals surface area contributed by atoms with Crippen LogP contribution in [0.5, 0.6) is 0 Å². The van der Waals surface area contributed by atoms with Crippen molar-refractivity contribution in [3.05, 3.63) is 35.3 Å². The lowest BCUT2D eigenvalue weighted by atomic mass is 9.72. The number of hydrogen-bond acceptors (Lipinski definition) is 6. The van der Waals surface area contributed by atoms with E-state index in [2.05, 4.69) is 36.2 Å². The molecule has 8 nitrogen and oxygen atoms in total. The number of hydrogen-bond donors (Lipinski definition) is 1. The smallest absolute Gasteiger partial charge is 0.255 e. The Hall–Kier alpha value is -2.92. The Morgan fingerprint density at radius 1 is 1.23 bits per heavy atom. The van der Waals surface area contributed by atoms with Crippen molar-refractivity contribution in [1.29, 1.82) is 5.26 Å². The molecular formula is C27H36N6O2. The molecule has 2 fully saturated rings. The summed E-state index contributed by atoms with van der Waals surface area (Å²) in [4.78, 5) is 20.0. The van der Waals surface area contributed by atoms with E-state index in [0.717, 1.165) is 81.3 Å². The lowest BCUT2D eigenvalue weighted by molar-refractivity contribution is 0.00205. The molecule has 2 unspecified atom stereocenters. The molecule has 0 radical (unpaired) electrons. The van der Waals surface area contributed by atoms with Crippen LogP contribution in [-0.2, 0) is 11.3 Å². The minimum absolute atomic E-state index is 0.0440. The summed E-state index contributed by atoms with van der Waals surface area (Å²) in [7, 11) is 0. The highest BCUT2D eigenvalue weighted by molar-refractivity contribution is 6.01. The minimum atomic E-state index is -0.107. The van der Waals surface area contributed by atoms with Crippen LogP contribution in [0.3, 0.4) is 0 Å². The van der Waals surface area contributed by atoms with Crippen molar-refractivity contribution in [2.45, 2.75) is 71.3 Å². The predicted octanol–water partition coefficient (Wildman–Crippen LogP) is 4.34. The molecule has 2 aromatic heterocycles. The molecule has 2 saturated heterocycles. The number of aromatic nitrogens is 3. The van der Waals surface area contributed by atoms with Crippen molar-refractivity contribution < 1.29 is 9.53 Å². The fourth-order valence-corrected chi connectivity index (χ4v) is 6.07. The molecule has 2 atom stereocenters. The van der Waals surface area contributed by atoms with Gasteiger partial charge in [-0.2, -0.15) is 10.4 Å². The number of ether oxygens (including phenoxy) is 1. The molecule has 35 heavy (non-hydrogen) atoms. The van der Waals surface area contributed by atoms with Crippen molar-refractivity contribution in [2.24, 2.45) is 11.3 Å². The third kappa shape index (κ3) is 4.54. The molecule has 5 heterocycles. The summed E-state index contributed by atoms with van der Waals surface area (Å²) in [6.45, 7) is 8.37. The van der Waals surface area contributed by atoms with Gasteiger partial charge in [-0.15, -0.1) is 0 Å². The third-order valence-electron chi connectivity index (χ3n) is 8.33. The Morgan fingerprint density at radius 2 is 2.00 bits per heavy atom. The molecule has 186 valence electrons. The lowest BCUT2D eigenvalue weighted by Gasteiger charge is -2.44. The van der Waals surface area contributed by atoms with E-state index in [-0.39, 0.29) is 17.7 Å². The molecule has 2 aromatic rings. The van der Waals surface area contributed by atoms with Gasteiger partial charge in [0, 0.05) is 50.2 Å². The van der Waals surface area contributed by atoms with Crippen LogP contribution in [0.2, 0.25) is 0 Å². The molecule has 1 N–H and O–H groups in total. The number of pyridine rings is 1. The number of anilines is 1. The molecule has 0 aromatic carbocycles. The van der Waals surface area contributed by atoms with E-state index >= 15 is 0 Å². The van der Waals surface area contributed by atoms with Gasteiger partial charge in [0.1, 0.15) is 0 Å². The molecule has 0 bridgehead atoms. The van der Waals surface area contributed by atoms with Crippen molar-refractivity contribution in [1.82, 2.24) is 20.1 Å². The van der Waals surface area contributed by atoms with E-state index in [1.165, 1.54) is 12.8 Å². The number of rotatable bonds is 7. The van der Waals surface area contributed by atoms with Crippen LogP contribution < -0.4 is 10.2 Å². The van der Waals surface area contributed by atoms with Crippen LogP contribution in [0.15, 0.2) is 18.3 Å². The van der Waals surface area contributed by atoms with Crippen LogP contribution in [0, 0.1) is 22.7 Å². The second-order valence-electron chi connectivity index (χ2n) is 10.3. The first kappa shape index (κ1) is 23.8. The van der Waals surface area contributed by atoms with Crippen molar-refractivity contribution in [3.8, 4) is 11.8 Å². The second kappa shape index (κ2) is 9.98. The van der Waals surface area contributed by atoms with E-state index in [9.17, 15) is 10.1 Å².